The Morgan fingerprint density at radius 1 is 1.00 bits per heavy atom. The maximum absolute atomic E-state index is 10.1. The zero-order chi connectivity index (χ0) is 19.5. The van der Waals surface area contributed by atoms with Crippen molar-refractivity contribution in [3.8, 4) is 22.7 Å². The molecule has 6 heteroatoms. The fraction of sp³-hybridized carbons (Fsp3) is 0.0455. The molecule has 28 heavy (non-hydrogen) atoms. The lowest BCUT2D eigenvalue weighted by atomic mass is 10.1. The van der Waals surface area contributed by atoms with Crippen LogP contribution in [-0.2, 0) is 0 Å². The third kappa shape index (κ3) is 3.66. The van der Waals surface area contributed by atoms with Crippen molar-refractivity contribution in [3.05, 3.63) is 88.9 Å². The fourth-order valence-electron chi connectivity index (χ4n) is 2.79. The van der Waals surface area contributed by atoms with Gasteiger partial charge < -0.3 is 5.11 Å². The Balaban J connectivity index is 1.83. The number of aryl methyl sites for hydroxylation is 1. The van der Waals surface area contributed by atoms with Gasteiger partial charge >= 0.3 is 0 Å². The van der Waals surface area contributed by atoms with Crippen molar-refractivity contribution in [2.24, 2.45) is 4.99 Å². The summed E-state index contributed by atoms with van der Waals surface area (Å²) in [7, 11) is 0. The minimum atomic E-state index is 0.0619. The highest BCUT2D eigenvalue weighted by Gasteiger charge is 2.15. The van der Waals surface area contributed by atoms with E-state index < -0.39 is 0 Å². The van der Waals surface area contributed by atoms with Crippen LogP contribution in [0.3, 0.4) is 0 Å². The molecule has 1 aromatic heterocycles. The zero-order valence-electron chi connectivity index (χ0n) is 15.1. The van der Waals surface area contributed by atoms with Crippen molar-refractivity contribution < 1.29 is 5.11 Å². The van der Waals surface area contributed by atoms with Gasteiger partial charge in [-0.25, -0.2) is 4.99 Å². The summed E-state index contributed by atoms with van der Waals surface area (Å²) in [6.45, 7) is 2.03. The third-order valence-electron chi connectivity index (χ3n) is 4.29. The first kappa shape index (κ1) is 17.9. The summed E-state index contributed by atoms with van der Waals surface area (Å²) < 4.78 is 1.68. The lowest BCUT2D eigenvalue weighted by Gasteiger charge is -2.05. The molecule has 0 spiro atoms. The van der Waals surface area contributed by atoms with Gasteiger partial charge in [0, 0.05) is 22.4 Å². The van der Waals surface area contributed by atoms with Crippen LogP contribution in [0.2, 0.25) is 5.02 Å². The molecule has 0 bridgehead atoms. The van der Waals surface area contributed by atoms with Crippen LogP contribution in [0.25, 0.3) is 16.9 Å². The van der Waals surface area contributed by atoms with Gasteiger partial charge in [-0.05, 0) is 37.3 Å². The number of hydrogen-bond acceptors (Lipinski definition) is 4. The smallest absolute Gasteiger partial charge is 0.184 e. The average molecular weight is 389 g/mol. The monoisotopic (exact) mass is 388 g/mol. The number of aliphatic imine (C=N–C) groups is 1. The second-order valence-corrected chi connectivity index (χ2v) is 6.77. The van der Waals surface area contributed by atoms with E-state index in [0.29, 0.717) is 22.1 Å². The molecular formula is C22H17ClN4O. The first-order valence-electron chi connectivity index (χ1n) is 8.72. The van der Waals surface area contributed by atoms with Crippen LogP contribution in [0.4, 0.5) is 5.82 Å². The van der Waals surface area contributed by atoms with E-state index in [-0.39, 0.29) is 5.75 Å². The van der Waals surface area contributed by atoms with Crippen LogP contribution in [-0.4, -0.2) is 26.3 Å². The molecule has 3 aromatic carbocycles. The van der Waals surface area contributed by atoms with E-state index in [4.69, 9.17) is 11.6 Å². The van der Waals surface area contributed by atoms with E-state index in [2.05, 4.69) is 15.3 Å². The second kappa shape index (κ2) is 7.66. The molecule has 0 aliphatic heterocycles. The van der Waals surface area contributed by atoms with Crippen molar-refractivity contribution in [1.82, 2.24) is 15.0 Å². The van der Waals surface area contributed by atoms with Gasteiger partial charge in [0.15, 0.2) is 5.82 Å². The summed E-state index contributed by atoms with van der Waals surface area (Å²) >= 11 is 5.91. The van der Waals surface area contributed by atoms with Gasteiger partial charge in [-0.3, -0.25) is 0 Å². The van der Waals surface area contributed by atoms with Gasteiger partial charge in [0.05, 0.1) is 5.69 Å². The number of benzene rings is 3. The molecule has 0 radical (unpaired) electrons. The maximum atomic E-state index is 10.1. The maximum Gasteiger partial charge on any atom is 0.184 e. The van der Waals surface area contributed by atoms with Crippen molar-refractivity contribution >= 4 is 23.6 Å². The van der Waals surface area contributed by atoms with Crippen LogP contribution in [0.15, 0.2) is 77.8 Å². The molecule has 0 unspecified atom stereocenters. The molecule has 0 fully saturated rings. The van der Waals surface area contributed by atoms with Gasteiger partial charge in [-0.15, -0.1) is 5.10 Å². The molecular weight excluding hydrogens is 372 g/mol. The number of phenols is 1. The van der Waals surface area contributed by atoms with Crippen molar-refractivity contribution in [3.63, 3.8) is 0 Å². The lowest BCUT2D eigenvalue weighted by molar-refractivity contribution is 0.474. The molecule has 5 nitrogen and oxygen atoms in total. The highest BCUT2D eigenvalue weighted by Crippen LogP contribution is 2.31. The molecule has 0 saturated heterocycles. The second-order valence-electron chi connectivity index (χ2n) is 6.34. The summed E-state index contributed by atoms with van der Waals surface area (Å²) in [5.41, 5.74) is 4.14. The zero-order valence-corrected chi connectivity index (χ0v) is 15.9. The summed E-state index contributed by atoms with van der Waals surface area (Å²) in [5, 5.41) is 19.2. The van der Waals surface area contributed by atoms with Gasteiger partial charge in [0.2, 0.25) is 0 Å². The first-order chi connectivity index (χ1) is 13.6. The van der Waals surface area contributed by atoms with Crippen molar-refractivity contribution in [2.45, 2.75) is 6.92 Å². The predicted octanol–water partition coefficient (Wildman–Crippen LogP) is 5.35. The number of para-hydroxylation sites is 1. The van der Waals surface area contributed by atoms with E-state index in [1.807, 2.05) is 61.5 Å². The lowest BCUT2D eigenvalue weighted by Crippen LogP contribution is -1.96. The number of rotatable bonds is 4. The molecule has 0 amide bonds. The Kier molecular flexibility index (Phi) is 4.91. The molecule has 0 aliphatic rings. The predicted molar refractivity (Wildman–Crippen MR) is 112 cm³/mol. The quantitative estimate of drug-likeness (QED) is 0.479. The summed E-state index contributed by atoms with van der Waals surface area (Å²) in [4.78, 5) is 4.61. The number of halogens is 1. The molecule has 0 aliphatic carbocycles. The minimum absolute atomic E-state index is 0.0619. The van der Waals surface area contributed by atoms with Crippen molar-refractivity contribution in [1.29, 1.82) is 0 Å². The number of hydrogen-bond donors (Lipinski definition) is 1. The largest absolute Gasteiger partial charge is 0.507 e. The van der Waals surface area contributed by atoms with Crippen LogP contribution in [0.5, 0.6) is 5.75 Å². The SMILES string of the molecule is Cc1ccc(-c2nnn(-c3ccccc3)c2/N=C/c2ccc(Cl)cc2O)cc1. The molecule has 4 aromatic rings. The van der Waals surface area contributed by atoms with Crippen LogP contribution < -0.4 is 0 Å². The van der Waals surface area contributed by atoms with E-state index >= 15 is 0 Å². The Bertz CT molecular complexity index is 1140. The standard InChI is InChI=1S/C22H17ClN4O/c1-15-7-9-16(10-8-15)21-22(24-14-17-11-12-18(23)13-20(17)28)27(26-25-21)19-5-3-2-4-6-19/h2-14,28H,1H3/b24-14+. The molecule has 4 rings (SSSR count). The van der Waals surface area contributed by atoms with Crippen LogP contribution >= 0.6 is 11.6 Å². The van der Waals surface area contributed by atoms with Gasteiger partial charge in [-0.2, -0.15) is 4.68 Å². The van der Waals surface area contributed by atoms with Crippen molar-refractivity contribution in [2.75, 3.05) is 0 Å². The average Bonchev–Trinajstić information content (AvgIpc) is 3.12. The van der Waals surface area contributed by atoms with Gasteiger partial charge in [-0.1, -0.05) is 64.8 Å². The van der Waals surface area contributed by atoms with E-state index in [9.17, 15) is 5.11 Å². The van der Waals surface area contributed by atoms with Gasteiger partial charge in [0.25, 0.3) is 0 Å². The van der Waals surface area contributed by atoms with Crippen LogP contribution in [0, 0.1) is 6.92 Å². The van der Waals surface area contributed by atoms with Crippen LogP contribution in [0.1, 0.15) is 11.1 Å². The summed E-state index contributed by atoms with van der Waals surface area (Å²) in [5.74, 6) is 0.635. The Hall–Kier alpha value is -3.44. The molecule has 1 heterocycles. The number of aromatic hydroxyl groups is 1. The summed E-state index contributed by atoms with van der Waals surface area (Å²) in [6, 6.07) is 22.6. The highest BCUT2D eigenvalue weighted by atomic mass is 35.5. The Labute approximate surface area is 167 Å². The third-order valence-corrected chi connectivity index (χ3v) is 4.53. The van der Waals surface area contributed by atoms with E-state index in [1.54, 1.807) is 23.0 Å². The topological polar surface area (TPSA) is 63.3 Å². The van der Waals surface area contributed by atoms with Gasteiger partial charge in [0.1, 0.15) is 11.4 Å². The van der Waals surface area contributed by atoms with E-state index in [1.165, 1.54) is 6.07 Å². The first-order valence-corrected chi connectivity index (χ1v) is 9.10. The molecule has 138 valence electrons. The number of nitrogens with zero attached hydrogens (tertiary/aromatic N) is 4. The Morgan fingerprint density at radius 3 is 2.46 bits per heavy atom. The Morgan fingerprint density at radius 2 is 1.75 bits per heavy atom. The number of phenolic OH excluding ortho intramolecular Hbond substituents is 1. The highest BCUT2D eigenvalue weighted by molar-refractivity contribution is 6.30. The molecule has 0 atom stereocenters. The summed E-state index contributed by atoms with van der Waals surface area (Å²) in [6.07, 6.45) is 1.58. The molecule has 0 saturated carbocycles. The fourth-order valence-corrected chi connectivity index (χ4v) is 2.96. The minimum Gasteiger partial charge on any atom is -0.507 e. The normalized spacial score (nSPS) is 11.2. The number of aromatic nitrogens is 3. The van der Waals surface area contributed by atoms with E-state index in [0.717, 1.165) is 16.8 Å². The molecule has 1 N–H and O–H groups in total.